The van der Waals surface area contributed by atoms with Crippen LogP contribution in [0.1, 0.15) is 17.0 Å². The van der Waals surface area contributed by atoms with Crippen LogP contribution in [0, 0.1) is 13.8 Å². The van der Waals surface area contributed by atoms with Crippen LogP contribution in [0.15, 0.2) is 12.1 Å². The van der Waals surface area contributed by atoms with Gasteiger partial charge in [0.05, 0.1) is 17.6 Å². The van der Waals surface area contributed by atoms with Crippen LogP contribution in [0.4, 0.5) is 0 Å². The number of hydrogen-bond acceptors (Lipinski definition) is 2. The van der Waals surface area contributed by atoms with E-state index in [1.165, 1.54) is 16.6 Å². The molecule has 0 radical (unpaired) electrons. The molecular formula is C12H17N3. The van der Waals surface area contributed by atoms with Gasteiger partial charge >= 0.3 is 0 Å². The van der Waals surface area contributed by atoms with Gasteiger partial charge in [0.1, 0.15) is 5.82 Å². The van der Waals surface area contributed by atoms with Gasteiger partial charge in [-0.25, -0.2) is 4.98 Å². The number of aromatic nitrogens is 2. The lowest BCUT2D eigenvalue weighted by molar-refractivity contribution is 0.719. The molecule has 0 saturated heterocycles. The number of nitrogens with zero attached hydrogens (tertiary/aromatic N) is 2. The Kier molecular flexibility index (Phi) is 2.49. The second kappa shape index (κ2) is 3.66. The molecule has 2 rings (SSSR count). The summed E-state index contributed by atoms with van der Waals surface area (Å²) in [5.41, 5.74) is 4.92. The van der Waals surface area contributed by atoms with Crippen molar-refractivity contribution >= 4 is 11.0 Å². The second-order valence-electron chi connectivity index (χ2n) is 3.99. The summed E-state index contributed by atoms with van der Waals surface area (Å²) in [4.78, 5) is 4.66. The Morgan fingerprint density at radius 3 is 2.73 bits per heavy atom. The average Bonchev–Trinajstić information content (AvgIpc) is 2.52. The lowest BCUT2D eigenvalue weighted by atomic mass is 10.1. The molecule has 0 aliphatic rings. The molecule has 0 spiro atoms. The zero-order valence-electron chi connectivity index (χ0n) is 9.76. The summed E-state index contributed by atoms with van der Waals surface area (Å²) in [5, 5.41) is 3.14. The summed E-state index contributed by atoms with van der Waals surface area (Å²) in [7, 11) is 4.01. The van der Waals surface area contributed by atoms with Gasteiger partial charge in [0.15, 0.2) is 0 Å². The molecule has 0 amide bonds. The Bertz CT molecular complexity index is 497. The van der Waals surface area contributed by atoms with Gasteiger partial charge in [-0.1, -0.05) is 6.07 Å². The monoisotopic (exact) mass is 203 g/mol. The third kappa shape index (κ3) is 1.53. The van der Waals surface area contributed by atoms with E-state index in [0.29, 0.717) is 0 Å². The topological polar surface area (TPSA) is 29.9 Å². The van der Waals surface area contributed by atoms with Gasteiger partial charge in [0.2, 0.25) is 0 Å². The maximum absolute atomic E-state index is 4.66. The zero-order valence-corrected chi connectivity index (χ0v) is 9.76. The minimum atomic E-state index is 0.809. The Hall–Kier alpha value is -1.35. The molecule has 0 bridgehead atoms. The lowest BCUT2D eigenvalue weighted by Crippen LogP contribution is -2.10. The van der Waals surface area contributed by atoms with Gasteiger partial charge in [-0.05, 0) is 38.1 Å². The molecule has 2 aromatic rings. The predicted octanol–water partition coefficient (Wildman–Crippen LogP) is 1.91. The third-order valence-corrected chi connectivity index (χ3v) is 3.00. The van der Waals surface area contributed by atoms with Crippen molar-refractivity contribution in [2.24, 2.45) is 7.05 Å². The van der Waals surface area contributed by atoms with E-state index in [-0.39, 0.29) is 0 Å². The molecule has 0 saturated carbocycles. The molecule has 0 aliphatic carbocycles. The fourth-order valence-electron chi connectivity index (χ4n) is 1.86. The minimum Gasteiger partial charge on any atom is -0.330 e. The molecule has 1 N–H and O–H groups in total. The van der Waals surface area contributed by atoms with E-state index in [1.807, 2.05) is 7.05 Å². The molecular weight excluding hydrogens is 186 g/mol. The molecule has 3 heteroatoms. The lowest BCUT2D eigenvalue weighted by Gasteiger charge is -2.01. The molecule has 80 valence electrons. The van der Waals surface area contributed by atoms with E-state index in [2.05, 4.69) is 47.9 Å². The van der Waals surface area contributed by atoms with Gasteiger partial charge in [0.25, 0.3) is 0 Å². The molecule has 1 heterocycles. The maximum Gasteiger partial charge on any atom is 0.123 e. The van der Waals surface area contributed by atoms with Crippen LogP contribution in [0.5, 0.6) is 0 Å². The summed E-state index contributed by atoms with van der Waals surface area (Å²) in [6.07, 6.45) is 0. The highest BCUT2D eigenvalue weighted by molar-refractivity contribution is 5.80. The van der Waals surface area contributed by atoms with Gasteiger partial charge in [0, 0.05) is 7.05 Å². The van der Waals surface area contributed by atoms with E-state index in [0.717, 1.165) is 17.9 Å². The van der Waals surface area contributed by atoms with Crippen molar-refractivity contribution in [3.63, 3.8) is 0 Å². The molecule has 0 unspecified atom stereocenters. The Morgan fingerprint density at radius 2 is 2.07 bits per heavy atom. The largest absolute Gasteiger partial charge is 0.330 e. The highest BCUT2D eigenvalue weighted by atomic mass is 15.1. The molecule has 0 atom stereocenters. The Balaban J connectivity index is 2.70. The number of rotatable bonds is 2. The Labute approximate surface area is 90.1 Å². The summed E-state index contributed by atoms with van der Waals surface area (Å²) in [6.45, 7) is 5.07. The number of fused-ring (bicyclic) bond motifs is 1. The van der Waals surface area contributed by atoms with Crippen LogP contribution < -0.4 is 5.32 Å². The van der Waals surface area contributed by atoms with Crippen LogP contribution in [-0.2, 0) is 13.6 Å². The van der Waals surface area contributed by atoms with Crippen LogP contribution in [0.25, 0.3) is 11.0 Å². The predicted molar refractivity (Wildman–Crippen MR) is 63.0 cm³/mol. The highest BCUT2D eigenvalue weighted by Crippen LogP contribution is 2.21. The van der Waals surface area contributed by atoms with Crippen molar-refractivity contribution in [1.82, 2.24) is 14.9 Å². The number of imidazole rings is 1. The van der Waals surface area contributed by atoms with Crippen molar-refractivity contribution in [2.75, 3.05) is 7.05 Å². The van der Waals surface area contributed by atoms with Crippen molar-refractivity contribution in [3.05, 3.63) is 29.1 Å². The second-order valence-corrected chi connectivity index (χ2v) is 3.99. The quantitative estimate of drug-likeness (QED) is 0.808. The Morgan fingerprint density at radius 1 is 1.33 bits per heavy atom. The summed E-state index contributed by atoms with van der Waals surface area (Å²) < 4.78 is 2.15. The third-order valence-electron chi connectivity index (χ3n) is 3.00. The number of hydrogen-bond donors (Lipinski definition) is 1. The van der Waals surface area contributed by atoms with Crippen molar-refractivity contribution < 1.29 is 0 Å². The summed E-state index contributed by atoms with van der Waals surface area (Å²) in [5.74, 6) is 1.08. The standard InChI is InChI=1S/C12H17N3/c1-8-5-6-10-12(9(8)2)14-11(7-13-3)15(10)4/h5-6,13H,7H2,1-4H3. The average molecular weight is 203 g/mol. The smallest absolute Gasteiger partial charge is 0.123 e. The molecule has 1 aromatic heterocycles. The molecule has 3 nitrogen and oxygen atoms in total. The van der Waals surface area contributed by atoms with E-state index < -0.39 is 0 Å². The minimum absolute atomic E-state index is 0.809. The first-order valence-electron chi connectivity index (χ1n) is 5.21. The number of nitrogens with one attached hydrogen (secondary N) is 1. The van der Waals surface area contributed by atoms with E-state index in [9.17, 15) is 0 Å². The first-order chi connectivity index (χ1) is 7.15. The molecule has 0 aliphatic heterocycles. The highest BCUT2D eigenvalue weighted by Gasteiger charge is 2.09. The van der Waals surface area contributed by atoms with Crippen molar-refractivity contribution in [2.45, 2.75) is 20.4 Å². The maximum atomic E-state index is 4.66. The normalized spacial score (nSPS) is 11.2. The fraction of sp³-hybridized carbons (Fsp3) is 0.417. The molecule has 0 fully saturated rings. The van der Waals surface area contributed by atoms with Gasteiger partial charge in [-0.15, -0.1) is 0 Å². The van der Waals surface area contributed by atoms with Crippen LogP contribution in [0.2, 0.25) is 0 Å². The van der Waals surface area contributed by atoms with Gasteiger partial charge in [-0.2, -0.15) is 0 Å². The van der Waals surface area contributed by atoms with Gasteiger partial charge in [-0.3, -0.25) is 0 Å². The molecule has 1 aromatic carbocycles. The van der Waals surface area contributed by atoms with Crippen molar-refractivity contribution in [1.29, 1.82) is 0 Å². The van der Waals surface area contributed by atoms with Crippen LogP contribution in [0.3, 0.4) is 0 Å². The fourth-order valence-corrected chi connectivity index (χ4v) is 1.86. The van der Waals surface area contributed by atoms with Crippen LogP contribution in [-0.4, -0.2) is 16.6 Å². The van der Waals surface area contributed by atoms with Crippen LogP contribution >= 0.6 is 0 Å². The van der Waals surface area contributed by atoms with E-state index in [4.69, 9.17) is 0 Å². The number of benzene rings is 1. The number of aryl methyl sites for hydroxylation is 3. The SMILES string of the molecule is CNCc1nc2c(C)c(C)ccc2n1C. The van der Waals surface area contributed by atoms with Gasteiger partial charge < -0.3 is 9.88 Å². The zero-order chi connectivity index (χ0) is 11.0. The summed E-state index contributed by atoms with van der Waals surface area (Å²) >= 11 is 0. The first-order valence-corrected chi connectivity index (χ1v) is 5.21. The van der Waals surface area contributed by atoms with E-state index in [1.54, 1.807) is 0 Å². The van der Waals surface area contributed by atoms with Crippen molar-refractivity contribution in [3.8, 4) is 0 Å². The molecule has 15 heavy (non-hydrogen) atoms. The summed E-state index contributed by atoms with van der Waals surface area (Å²) in [6, 6.07) is 4.30. The first kappa shape index (κ1) is 10.2. The van der Waals surface area contributed by atoms with E-state index >= 15 is 0 Å².